The third kappa shape index (κ3) is 2.99. The first-order valence-electron chi connectivity index (χ1n) is 3.30. The average Bonchev–Trinajstić information content (AvgIpc) is 2.09. The zero-order valence-electron chi connectivity index (χ0n) is 6.33. The van der Waals surface area contributed by atoms with Crippen molar-refractivity contribution >= 4 is 15.9 Å². The Bertz CT molecular complexity index is 278. The molecular formula is C8H7BrN2O. The van der Waals surface area contributed by atoms with Crippen molar-refractivity contribution in [1.82, 2.24) is 9.97 Å². The van der Waals surface area contributed by atoms with E-state index >= 15 is 0 Å². The van der Waals surface area contributed by atoms with E-state index in [1.165, 1.54) is 0 Å². The molecule has 12 heavy (non-hydrogen) atoms. The van der Waals surface area contributed by atoms with E-state index in [1.54, 1.807) is 12.4 Å². The largest absolute Gasteiger partial charge is 0.361 e. The molecule has 0 fully saturated rings. The fourth-order valence-electron chi connectivity index (χ4n) is 0.615. The van der Waals surface area contributed by atoms with Gasteiger partial charge >= 0.3 is 0 Å². The Kier molecular flexibility index (Phi) is 3.71. The zero-order valence-corrected chi connectivity index (χ0v) is 7.91. The SMILES string of the molecule is C#CCOCc1ncc(Br)cn1. The number of halogens is 1. The standard InChI is InChI=1S/C8H7BrN2O/c1-2-3-12-6-8-10-4-7(9)5-11-8/h1,4-5H,3,6H2. The predicted molar refractivity (Wildman–Crippen MR) is 48.2 cm³/mol. The summed E-state index contributed by atoms with van der Waals surface area (Å²) in [5.74, 6) is 3.00. The van der Waals surface area contributed by atoms with Crippen molar-refractivity contribution in [3.05, 3.63) is 22.7 Å². The van der Waals surface area contributed by atoms with Gasteiger partial charge < -0.3 is 4.74 Å². The summed E-state index contributed by atoms with van der Waals surface area (Å²) in [5, 5.41) is 0. The number of aromatic nitrogens is 2. The van der Waals surface area contributed by atoms with Crippen LogP contribution in [0.3, 0.4) is 0 Å². The van der Waals surface area contributed by atoms with E-state index in [4.69, 9.17) is 11.2 Å². The third-order valence-electron chi connectivity index (χ3n) is 1.09. The maximum atomic E-state index is 5.03. The van der Waals surface area contributed by atoms with Crippen LogP contribution in [0, 0.1) is 12.3 Å². The highest BCUT2D eigenvalue weighted by Gasteiger charge is 1.94. The topological polar surface area (TPSA) is 35.0 Å². The third-order valence-corrected chi connectivity index (χ3v) is 1.50. The maximum absolute atomic E-state index is 5.03. The molecular weight excluding hydrogens is 220 g/mol. The Morgan fingerprint density at radius 2 is 2.17 bits per heavy atom. The van der Waals surface area contributed by atoms with Gasteiger partial charge in [-0.25, -0.2) is 9.97 Å². The molecule has 0 aliphatic heterocycles. The van der Waals surface area contributed by atoms with Gasteiger partial charge in [-0.15, -0.1) is 6.42 Å². The first-order chi connectivity index (χ1) is 5.83. The lowest BCUT2D eigenvalue weighted by Gasteiger charge is -1.97. The highest BCUT2D eigenvalue weighted by Crippen LogP contribution is 2.04. The molecule has 0 amide bonds. The lowest BCUT2D eigenvalue weighted by atomic mass is 10.6. The fraction of sp³-hybridized carbons (Fsp3) is 0.250. The van der Waals surface area contributed by atoms with Crippen LogP contribution in [0.4, 0.5) is 0 Å². The second-order valence-corrected chi connectivity index (χ2v) is 2.93. The lowest BCUT2D eigenvalue weighted by molar-refractivity contribution is 0.147. The second kappa shape index (κ2) is 4.86. The van der Waals surface area contributed by atoms with E-state index in [0.29, 0.717) is 19.0 Å². The monoisotopic (exact) mass is 226 g/mol. The van der Waals surface area contributed by atoms with Crippen molar-refractivity contribution in [3.63, 3.8) is 0 Å². The molecule has 0 saturated heterocycles. The number of ether oxygens (including phenoxy) is 1. The molecule has 1 heterocycles. The molecule has 0 saturated carbocycles. The maximum Gasteiger partial charge on any atom is 0.153 e. The minimum absolute atomic E-state index is 0.291. The summed E-state index contributed by atoms with van der Waals surface area (Å²) in [6, 6.07) is 0. The van der Waals surface area contributed by atoms with Crippen molar-refractivity contribution in [1.29, 1.82) is 0 Å². The molecule has 0 spiro atoms. The van der Waals surface area contributed by atoms with Gasteiger partial charge in [0.1, 0.15) is 13.2 Å². The first kappa shape index (κ1) is 9.17. The minimum Gasteiger partial charge on any atom is -0.361 e. The van der Waals surface area contributed by atoms with Crippen LogP contribution in [0.25, 0.3) is 0 Å². The van der Waals surface area contributed by atoms with Crippen LogP contribution in [0.15, 0.2) is 16.9 Å². The molecule has 62 valence electrons. The molecule has 4 heteroatoms. The second-order valence-electron chi connectivity index (χ2n) is 2.01. The Hall–Kier alpha value is -0.920. The molecule has 0 N–H and O–H groups in total. The van der Waals surface area contributed by atoms with Crippen molar-refractivity contribution in [2.24, 2.45) is 0 Å². The van der Waals surface area contributed by atoms with E-state index in [2.05, 4.69) is 31.8 Å². The first-order valence-corrected chi connectivity index (χ1v) is 4.10. The Labute approximate surface area is 79.3 Å². The molecule has 0 aliphatic carbocycles. The Morgan fingerprint density at radius 3 is 2.75 bits per heavy atom. The van der Waals surface area contributed by atoms with Crippen LogP contribution >= 0.6 is 15.9 Å². The molecule has 0 unspecified atom stereocenters. The molecule has 1 aromatic rings. The Balaban J connectivity index is 2.43. The molecule has 1 aromatic heterocycles. The molecule has 0 atom stereocenters. The number of rotatable bonds is 3. The summed E-state index contributed by atoms with van der Waals surface area (Å²) in [6.07, 6.45) is 8.33. The molecule has 0 aliphatic rings. The van der Waals surface area contributed by atoms with Gasteiger partial charge in [0.05, 0.1) is 4.47 Å². The molecule has 0 bridgehead atoms. The average molecular weight is 227 g/mol. The highest BCUT2D eigenvalue weighted by atomic mass is 79.9. The van der Waals surface area contributed by atoms with Crippen molar-refractivity contribution in [2.75, 3.05) is 6.61 Å². The van der Waals surface area contributed by atoms with Gasteiger partial charge in [0.25, 0.3) is 0 Å². The van der Waals surface area contributed by atoms with Crippen LogP contribution in [0.1, 0.15) is 5.82 Å². The summed E-state index contributed by atoms with van der Waals surface area (Å²) in [7, 11) is 0. The quantitative estimate of drug-likeness (QED) is 0.578. The van der Waals surface area contributed by atoms with E-state index < -0.39 is 0 Å². The van der Waals surface area contributed by atoms with Gasteiger partial charge in [-0.1, -0.05) is 5.92 Å². The van der Waals surface area contributed by atoms with Crippen molar-refractivity contribution in [2.45, 2.75) is 6.61 Å². The van der Waals surface area contributed by atoms with Crippen LogP contribution in [-0.4, -0.2) is 16.6 Å². The van der Waals surface area contributed by atoms with Crippen LogP contribution in [0.2, 0.25) is 0 Å². The summed E-state index contributed by atoms with van der Waals surface area (Å²) >= 11 is 3.23. The summed E-state index contributed by atoms with van der Waals surface area (Å²) < 4.78 is 5.88. The lowest BCUT2D eigenvalue weighted by Crippen LogP contribution is -1.98. The van der Waals surface area contributed by atoms with E-state index in [9.17, 15) is 0 Å². The highest BCUT2D eigenvalue weighted by molar-refractivity contribution is 9.10. The molecule has 1 rings (SSSR count). The molecule has 0 aromatic carbocycles. The Morgan fingerprint density at radius 1 is 1.50 bits per heavy atom. The van der Waals surface area contributed by atoms with E-state index in [0.717, 1.165) is 4.47 Å². The molecule has 3 nitrogen and oxygen atoms in total. The van der Waals surface area contributed by atoms with Crippen LogP contribution in [0.5, 0.6) is 0 Å². The van der Waals surface area contributed by atoms with Gasteiger partial charge in [-0.2, -0.15) is 0 Å². The zero-order chi connectivity index (χ0) is 8.81. The van der Waals surface area contributed by atoms with E-state index in [1.807, 2.05) is 0 Å². The summed E-state index contributed by atoms with van der Waals surface area (Å²) in [5.41, 5.74) is 0. The fourth-order valence-corrected chi connectivity index (χ4v) is 0.820. The van der Waals surface area contributed by atoms with Crippen LogP contribution in [-0.2, 0) is 11.3 Å². The smallest absolute Gasteiger partial charge is 0.153 e. The van der Waals surface area contributed by atoms with Crippen LogP contribution < -0.4 is 0 Å². The van der Waals surface area contributed by atoms with Gasteiger partial charge in [0.2, 0.25) is 0 Å². The number of nitrogens with zero attached hydrogens (tertiary/aromatic N) is 2. The van der Waals surface area contributed by atoms with Crippen molar-refractivity contribution < 1.29 is 4.74 Å². The van der Waals surface area contributed by atoms with Crippen molar-refractivity contribution in [3.8, 4) is 12.3 Å². The van der Waals surface area contributed by atoms with Gasteiger partial charge in [0, 0.05) is 12.4 Å². The summed E-state index contributed by atoms with van der Waals surface area (Å²) in [6.45, 7) is 0.650. The summed E-state index contributed by atoms with van der Waals surface area (Å²) in [4.78, 5) is 8.00. The minimum atomic E-state index is 0.291. The number of hydrogen-bond acceptors (Lipinski definition) is 3. The molecule has 0 radical (unpaired) electrons. The predicted octanol–water partition coefficient (Wildman–Crippen LogP) is 1.39. The number of hydrogen-bond donors (Lipinski definition) is 0. The van der Waals surface area contributed by atoms with Gasteiger partial charge in [-0.05, 0) is 15.9 Å². The number of terminal acetylenes is 1. The van der Waals surface area contributed by atoms with Gasteiger partial charge in [0.15, 0.2) is 5.82 Å². The normalized spacial score (nSPS) is 9.33. The van der Waals surface area contributed by atoms with Gasteiger partial charge in [-0.3, -0.25) is 0 Å². The van der Waals surface area contributed by atoms with E-state index in [-0.39, 0.29) is 0 Å².